The van der Waals surface area contributed by atoms with Crippen LogP contribution < -0.4 is 14.8 Å². The quantitative estimate of drug-likeness (QED) is 0.780. The lowest BCUT2D eigenvalue weighted by Crippen LogP contribution is -2.03. The highest BCUT2D eigenvalue weighted by molar-refractivity contribution is 5.50. The summed E-state index contributed by atoms with van der Waals surface area (Å²) in [6.07, 6.45) is 1.70. The Labute approximate surface area is 124 Å². The smallest absolute Gasteiger partial charge is 0.165 e. The summed E-state index contributed by atoms with van der Waals surface area (Å²) < 4.78 is 23.9. The van der Waals surface area contributed by atoms with Gasteiger partial charge in [-0.15, -0.1) is 0 Å². The fraction of sp³-hybridized carbons (Fsp3) is 0.176. The molecule has 0 heterocycles. The standard InChI is InChI=1S/C17H18FNO2/c1-3-10-21-16-7-5-4-6-13(16)12-19-14-8-9-15(18)17(11-14)20-2/h3-9,11,19H,1,10,12H2,2H3. The fourth-order valence-electron chi connectivity index (χ4n) is 1.91. The summed E-state index contributed by atoms with van der Waals surface area (Å²) in [6.45, 7) is 4.67. The number of ether oxygens (including phenoxy) is 2. The predicted octanol–water partition coefficient (Wildman–Crippen LogP) is 4.01. The Hall–Kier alpha value is -2.49. The largest absolute Gasteiger partial charge is 0.494 e. The van der Waals surface area contributed by atoms with E-state index in [0.29, 0.717) is 13.2 Å². The molecule has 0 aromatic heterocycles. The van der Waals surface area contributed by atoms with Gasteiger partial charge in [0.2, 0.25) is 0 Å². The second kappa shape index (κ2) is 7.33. The zero-order chi connectivity index (χ0) is 15.1. The molecule has 4 heteroatoms. The number of nitrogens with one attached hydrogen (secondary N) is 1. The van der Waals surface area contributed by atoms with E-state index >= 15 is 0 Å². The van der Waals surface area contributed by atoms with Crippen molar-refractivity contribution in [1.29, 1.82) is 0 Å². The van der Waals surface area contributed by atoms with Gasteiger partial charge in [0.1, 0.15) is 12.4 Å². The Morgan fingerprint density at radius 2 is 2.00 bits per heavy atom. The summed E-state index contributed by atoms with van der Waals surface area (Å²) in [5.41, 5.74) is 1.80. The average molecular weight is 287 g/mol. The highest BCUT2D eigenvalue weighted by atomic mass is 19.1. The summed E-state index contributed by atoms with van der Waals surface area (Å²) in [5, 5.41) is 3.23. The van der Waals surface area contributed by atoms with Crippen molar-refractivity contribution in [2.75, 3.05) is 19.0 Å². The molecule has 2 aromatic carbocycles. The number of anilines is 1. The van der Waals surface area contributed by atoms with E-state index in [4.69, 9.17) is 9.47 Å². The van der Waals surface area contributed by atoms with Gasteiger partial charge in [0.25, 0.3) is 0 Å². The predicted molar refractivity (Wildman–Crippen MR) is 82.4 cm³/mol. The zero-order valence-corrected chi connectivity index (χ0v) is 11.9. The van der Waals surface area contributed by atoms with Gasteiger partial charge in [-0.25, -0.2) is 4.39 Å². The third-order valence-electron chi connectivity index (χ3n) is 2.96. The Balaban J connectivity index is 2.07. The second-order valence-corrected chi connectivity index (χ2v) is 4.41. The van der Waals surface area contributed by atoms with Gasteiger partial charge in [-0.3, -0.25) is 0 Å². The van der Waals surface area contributed by atoms with Crippen LogP contribution in [0, 0.1) is 5.82 Å². The molecule has 0 spiro atoms. The Morgan fingerprint density at radius 3 is 2.76 bits per heavy atom. The molecule has 0 radical (unpaired) electrons. The highest BCUT2D eigenvalue weighted by Crippen LogP contribution is 2.23. The van der Waals surface area contributed by atoms with Crippen LogP contribution in [-0.4, -0.2) is 13.7 Å². The summed E-state index contributed by atoms with van der Waals surface area (Å²) in [5.74, 6) is 0.646. The molecule has 21 heavy (non-hydrogen) atoms. The lowest BCUT2D eigenvalue weighted by molar-refractivity contribution is 0.359. The minimum atomic E-state index is -0.377. The molecule has 0 atom stereocenters. The molecule has 3 nitrogen and oxygen atoms in total. The van der Waals surface area contributed by atoms with Crippen LogP contribution in [0.15, 0.2) is 55.1 Å². The van der Waals surface area contributed by atoms with Crippen LogP contribution in [0.25, 0.3) is 0 Å². The molecule has 0 unspecified atom stereocenters. The van der Waals surface area contributed by atoms with Gasteiger partial charge in [0.15, 0.2) is 11.6 Å². The monoisotopic (exact) mass is 287 g/mol. The maximum atomic E-state index is 13.4. The van der Waals surface area contributed by atoms with Crippen molar-refractivity contribution in [2.24, 2.45) is 0 Å². The van der Waals surface area contributed by atoms with Crippen LogP contribution in [-0.2, 0) is 6.54 Å². The first-order valence-corrected chi connectivity index (χ1v) is 6.63. The maximum Gasteiger partial charge on any atom is 0.165 e. The minimum Gasteiger partial charge on any atom is -0.494 e. The molecule has 2 rings (SSSR count). The van der Waals surface area contributed by atoms with Crippen LogP contribution in [0.3, 0.4) is 0 Å². The SMILES string of the molecule is C=CCOc1ccccc1CNc1ccc(F)c(OC)c1. The third kappa shape index (κ3) is 3.99. The molecule has 0 saturated heterocycles. The molecule has 0 aliphatic rings. The van der Waals surface area contributed by atoms with Gasteiger partial charge in [-0.2, -0.15) is 0 Å². The first-order valence-electron chi connectivity index (χ1n) is 6.63. The average Bonchev–Trinajstić information content (AvgIpc) is 2.53. The van der Waals surface area contributed by atoms with E-state index in [-0.39, 0.29) is 11.6 Å². The summed E-state index contributed by atoms with van der Waals surface area (Å²) in [4.78, 5) is 0. The van der Waals surface area contributed by atoms with Crippen LogP contribution >= 0.6 is 0 Å². The van der Waals surface area contributed by atoms with Gasteiger partial charge in [0.05, 0.1) is 7.11 Å². The maximum absolute atomic E-state index is 13.4. The first-order chi connectivity index (χ1) is 10.2. The molecule has 0 aliphatic carbocycles. The van der Waals surface area contributed by atoms with E-state index in [9.17, 15) is 4.39 Å². The van der Waals surface area contributed by atoms with Crippen molar-refractivity contribution in [3.05, 3.63) is 66.5 Å². The molecule has 0 amide bonds. The lowest BCUT2D eigenvalue weighted by atomic mass is 10.2. The topological polar surface area (TPSA) is 30.5 Å². The molecule has 0 fully saturated rings. The number of hydrogen-bond donors (Lipinski definition) is 1. The number of para-hydroxylation sites is 1. The van der Waals surface area contributed by atoms with Crippen molar-refractivity contribution in [3.63, 3.8) is 0 Å². The van der Waals surface area contributed by atoms with Crippen LogP contribution in [0.2, 0.25) is 0 Å². The van der Waals surface area contributed by atoms with Gasteiger partial charge in [-0.05, 0) is 18.2 Å². The summed E-state index contributed by atoms with van der Waals surface area (Å²) in [7, 11) is 1.45. The van der Waals surface area contributed by atoms with Crippen molar-refractivity contribution in [1.82, 2.24) is 0 Å². The molecular formula is C17H18FNO2. The van der Waals surface area contributed by atoms with Crippen LogP contribution in [0.5, 0.6) is 11.5 Å². The molecule has 1 N–H and O–H groups in total. The third-order valence-corrected chi connectivity index (χ3v) is 2.96. The molecule has 0 aliphatic heterocycles. The number of benzene rings is 2. The molecule has 110 valence electrons. The number of hydrogen-bond acceptors (Lipinski definition) is 3. The Bertz CT molecular complexity index is 613. The van der Waals surface area contributed by atoms with Gasteiger partial charge < -0.3 is 14.8 Å². The summed E-state index contributed by atoms with van der Waals surface area (Å²) in [6, 6.07) is 12.4. The van der Waals surface area contributed by atoms with E-state index in [0.717, 1.165) is 17.0 Å². The Kier molecular flexibility index (Phi) is 5.21. The van der Waals surface area contributed by atoms with Crippen LogP contribution in [0.4, 0.5) is 10.1 Å². The number of rotatable bonds is 7. The van der Waals surface area contributed by atoms with E-state index in [1.165, 1.54) is 13.2 Å². The van der Waals surface area contributed by atoms with Gasteiger partial charge >= 0.3 is 0 Å². The first kappa shape index (κ1) is 14.9. The van der Waals surface area contributed by atoms with E-state index in [1.807, 2.05) is 24.3 Å². The zero-order valence-electron chi connectivity index (χ0n) is 11.9. The lowest BCUT2D eigenvalue weighted by Gasteiger charge is -2.12. The van der Waals surface area contributed by atoms with Crippen molar-refractivity contribution in [3.8, 4) is 11.5 Å². The summed E-state index contributed by atoms with van der Waals surface area (Å²) >= 11 is 0. The highest BCUT2D eigenvalue weighted by Gasteiger charge is 2.05. The van der Waals surface area contributed by atoms with Crippen molar-refractivity contribution < 1.29 is 13.9 Å². The number of methoxy groups -OCH3 is 1. The normalized spacial score (nSPS) is 10.0. The minimum absolute atomic E-state index is 0.219. The van der Waals surface area contributed by atoms with Crippen LogP contribution in [0.1, 0.15) is 5.56 Å². The Morgan fingerprint density at radius 1 is 1.19 bits per heavy atom. The van der Waals surface area contributed by atoms with Gasteiger partial charge in [0, 0.05) is 23.9 Å². The molecule has 0 bridgehead atoms. The fourth-order valence-corrected chi connectivity index (χ4v) is 1.91. The molecule has 2 aromatic rings. The van der Waals surface area contributed by atoms with E-state index in [1.54, 1.807) is 18.2 Å². The van der Waals surface area contributed by atoms with Crippen molar-refractivity contribution >= 4 is 5.69 Å². The number of halogens is 1. The van der Waals surface area contributed by atoms with Crippen molar-refractivity contribution in [2.45, 2.75) is 6.54 Å². The van der Waals surface area contributed by atoms with E-state index < -0.39 is 0 Å². The molecular weight excluding hydrogens is 269 g/mol. The van der Waals surface area contributed by atoms with E-state index in [2.05, 4.69) is 11.9 Å². The second-order valence-electron chi connectivity index (χ2n) is 4.41. The van der Waals surface area contributed by atoms with Gasteiger partial charge in [-0.1, -0.05) is 30.9 Å². The molecule has 0 saturated carbocycles.